The monoisotopic (exact) mass is 418 g/mol. The number of amides is 1. The summed E-state index contributed by atoms with van der Waals surface area (Å²) in [5, 5.41) is 0. The number of carbonyl (C=O) groups is 1. The normalized spacial score (nSPS) is 14.2. The third-order valence-corrected chi connectivity index (χ3v) is 6.19. The molecule has 0 aliphatic carbocycles. The highest BCUT2D eigenvalue weighted by Crippen LogP contribution is 2.35. The molecule has 29 heavy (non-hydrogen) atoms. The Balaban J connectivity index is 1.94. The van der Waals surface area contributed by atoms with Crippen LogP contribution in [0.4, 0.5) is 11.4 Å². The van der Waals surface area contributed by atoms with Gasteiger partial charge in [0.1, 0.15) is 11.5 Å². The number of rotatable bonds is 7. The average molecular weight is 419 g/mol. The van der Waals surface area contributed by atoms with Crippen molar-refractivity contribution < 1.29 is 22.7 Å². The van der Waals surface area contributed by atoms with Crippen molar-refractivity contribution >= 4 is 27.3 Å². The molecule has 0 radical (unpaired) electrons. The first-order valence-corrected chi connectivity index (χ1v) is 11.0. The van der Waals surface area contributed by atoms with Gasteiger partial charge < -0.3 is 14.4 Å². The highest BCUT2D eigenvalue weighted by molar-refractivity contribution is 7.92. The van der Waals surface area contributed by atoms with E-state index in [0.29, 0.717) is 42.4 Å². The lowest BCUT2D eigenvalue weighted by molar-refractivity contribution is -0.117. The zero-order valence-electron chi connectivity index (χ0n) is 17.1. The third-order valence-electron chi connectivity index (χ3n) is 4.83. The van der Waals surface area contributed by atoms with E-state index in [0.717, 1.165) is 17.5 Å². The lowest BCUT2D eigenvalue weighted by Gasteiger charge is -2.20. The van der Waals surface area contributed by atoms with Crippen molar-refractivity contribution in [2.45, 2.75) is 38.5 Å². The van der Waals surface area contributed by atoms with Gasteiger partial charge in [-0.2, -0.15) is 0 Å². The maximum Gasteiger partial charge on any atom is 0.261 e. The minimum Gasteiger partial charge on any atom is -0.495 e. The number of benzene rings is 2. The Morgan fingerprint density at radius 1 is 1.14 bits per heavy atom. The van der Waals surface area contributed by atoms with Crippen LogP contribution in [-0.4, -0.2) is 34.6 Å². The summed E-state index contributed by atoms with van der Waals surface area (Å²) in [6.45, 7) is 6.62. The van der Waals surface area contributed by atoms with Gasteiger partial charge in [-0.25, -0.2) is 8.42 Å². The molecule has 1 heterocycles. The van der Waals surface area contributed by atoms with E-state index in [4.69, 9.17) is 9.47 Å². The number of anilines is 2. The first kappa shape index (κ1) is 21.0. The van der Waals surface area contributed by atoms with Crippen molar-refractivity contribution in [2.24, 2.45) is 0 Å². The maximum atomic E-state index is 13.0. The molecule has 1 aliphatic heterocycles. The van der Waals surface area contributed by atoms with Gasteiger partial charge in [0.2, 0.25) is 5.91 Å². The molecule has 1 amide bonds. The number of nitrogens with one attached hydrogen (secondary N) is 1. The fraction of sp³-hybridized carbons (Fsp3) is 0.381. The van der Waals surface area contributed by atoms with E-state index in [9.17, 15) is 13.2 Å². The van der Waals surface area contributed by atoms with Crippen molar-refractivity contribution in [3.8, 4) is 11.5 Å². The number of ether oxygens (including phenoxy) is 2. The molecule has 2 aromatic carbocycles. The van der Waals surface area contributed by atoms with Gasteiger partial charge in [-0.15, -0.1) is 0 Å². The molecule has 3 rings (SSSR count). The minimum absolute atomic E-state index is 0.000990. The van der Waals surface area contributed by atoms with E-state index in [2.05, 4.69) is 4.72 Å². The predicted molar refractivity (Wildman–Crippen MR) is 112 cm³/mol. The van der Waals surface area contributed by atoms with E-state index in [1.54, 1.807) is 35.2 Å². The topological polar surface area (TPSA) is 84.9 Å². The van der Waals surface area contributed by atoms with Crippen molar-refractivity contribution in [2.75, 3.05) is 29.9 Å². The Bertz CT molecular complexity index is 1010. The fourth-order valence-electron chi connectivity index (χ4n) is 3.52. The van der Waals surface area contributed by atoms with Crippen LogP contribution in [0.25, 0.3) is 0 Å². The molecule has 1 fully saturated rings. The van der Waals surface area contributed by atoms with Crippen LogP contribution in [0.2, 0.25) is 0 Å². The fourth-order valence-corrected chi connectivity index (χ4v) is 4.74. The SMILES string of the molecule is CCOc1c(C)cc(S(=O)(=O)Nc2ccc(OC)c(N3CCCC3=O)c2)cc1C. The van der Waals surface area contributed by atoms with Crippen LogP contribution in [0.5, 0.6) is 11.5 Å². The zero-order valence-corrected chi connectivity index (χ0v) is 17.9. The van der Waals surface area contributed by atoms with Crippen molar-refractivity contribution in [3.63, 3.8) is 0 Å². The summed E-state index contributed by atoms with van der Waals surface area (Å²) in [5.41, 5.74) is 2.44. The van der Waals surface area contributed by atoms with Gasteiger partial charge in [-0.3, -0.25) is 9.52 Å². The highest BCUT2D eigenvalue weighted by atomic mass is 32.2. The molecule has 156 valence electrons. The van der Waals surface area contributed by atoms with Crippen LogP contribution in [0, 0.1) is 13.8 Å². The van der Waals surface area contributed by atoms with Gasteiger partial charge >= 0.3 is 0 Å². The molecule has 0 bridgehead atoms. The molecule has 7 nitrogen and oxygen atoms in total. The largest absolute Gasteiger partial charge is 0.495 e. The van der Waals surface area contributed by atoms with Gasteiger partial charge in [0.25, 0.3) is 10.0 Å². The average Bonchev–Trinajstić information content (AvgIpc) is 3.10. The smallest absolute Gasteiger partial charge is 0.261 e. The number of sulfonamides is 1. The summed E-state index contributed by atoms with van der Waals surface area (Å²) in [7, 11) is -2.29. The molecule has 8 heteroatoms. The van der Waals surface area contributed by atoms with Crippen LogP contribution in [0.15, 0.2) is 35.2 Å². The van der Waals surface area contributed by atoms with Crippen LogP contribution in [0.3, 0.4) is 0 Å². The molecule has 0 atom stereocenters. The Kier molecular flexibility index (Phi) is 6.02. The van der Waals surface area contributed by atoms with Crippen molar-refractivity contribution in [3.05, 3.63) is 41.5 Å². The van der Waals surface area contributed by atoms with Crippen molar-refractivity contribution in [1.82, 2.24) is 0 Å². The second-order valence-electron chi connectivity index (χ2n) is 6.96. The summed E-state index contributed by atoms with van der Waals surface area (Å²) in [6, 6.07) is 8.10. The summed E-state index contributed by atoms with van der Waals surface area (Å²) >= 11 is 0. The standard InChI is InChI=1S/C21H26N2O5S/c1-5-28-21-14(2)11-17(12-15(21)3)29(25,26)22-16-8-9-19(27-4)18(13-16)23-10-6-7-20(23)24/h8-9,11-13,22H,5-7,10H2,1-4H3. The molecule has 0 spiro atoms. The van der Waals surface area contributed by atoms with Gasteiger partial charge in [0.15, 0.2) is 0 Å². The van der Waals surface area contributed by atoms with Gasteiger partial charge in [0.05, 0.1) is 30.0 Å². The number of carbonyl (C=O) groups excluding carboxylic acids is 1. The first-order valence-electron chi connectivity index (χ1n) is 9.52. The second-order valence-corrected chi connectivity index (χ2v) is 8.64. The number of aryl methyl sites for hydroxylation is 2. The second kappa shape index (κ2) is 8.32. The lowest BCUT2D eigenvalue weighted by Crippen LogP contribution is -2.24. The van der Waals surface area contributed by atoms with Crippen molar-refractivity contribution in [1.29, 1.82) is 0 Å². The predicted octanol–water partition coefficient (Wildman–Crippen LogP) is 3.64. The van der Waals surface area contributed by atoms with E-state index in [1.165, 1.54) is 7.11 Å². The molecule has 0 saturated carbocycles. The van der Waals surface area contributed by atoms with E-state index >= 15 is 0 Å². The molecule has 0 aromatic heterocycles. The quantitative estimate of drug-likeness (QED) is 0.742. The van der Waals surface area contributed by atoms with Crippen LogP contribution >= 0.6 is 0 Å². The summed E-state index contributed by atoms with van der Waals surface area (Å²) < 4.78 is 39.5. The van der Waals surface area contributed by atoms with Gasteiger partial charge in [0, 0.05) is 13.0 Å². The minimum atomic E-state index is -3.81. The van der Waals surface area contributed by atoms with Gasteiger partial charge in [-0.05, 0) is 68.7 Å². The molecule has 2 aromatic rings. The number of nitrogens with zero attached hydrogens (tertiary/aromatic N) is 1. The molecule has 1 aliphatic rings. The van der Waals surface area contributed by atoms with Gasteiger partial charge in [-0.1, -0.05) is 0 Å². The Morgan fingerprint density at radius 3 is 2.38 bits per heavy atom. The summed E-state index contributed by atoms with van der Waals surface area (Å²) in [6.07, 6.45) is 1.24. The summed E-state index contributed by atoms with van der Waals surface area (Å²) in [5.74, 6) is 1.22. The zero-order chi connectivity index (χ0) is 21.2. The summed E-state index contributed by atoms with van der Waals surface area (Å²) in [4.78, 5) is 13.9. The maximum absolute atomic E-state index is 13.0. The van der Waals surface area contributed by atoms with E-state index < -0.39 is 10.0 Å². The number of methoxy groups -OCH3 is 1. The molecular formula is C21H26N2O5S. The van der Waals surface area contributed by atoms with E-state index in [-0.39, 0.29) is 10.8 Å². The van der Waals surface area contributed by atoms with Crippen LogP contribution in [-0.2, 0) is 14.8 Å². The first-order chi connectivity index (χ1) is 13.8. The Morgan fingerprint density at radius 2 is 1.83 bits per heavy atom. The Labute approximate surface area is 171 Å². The number of hydrogen-bond donors (Lipinski definition) is 1. The van der Waals surface area contributed by atoms with Crippen LogP contribution < -0.4 is 19.1 Å². The molecule has 0 unspecified atom stereocenters. The van der Waals surface area contributed by atoms with Crippen LogP contribution in [0.1, 0.15) is 30.9 Å². The molecular weight excluding hydrogens is 392 g/mol. The number of hydrogen-bond acceptors (Lipinski definition) is 5. The lowest BCUT2D eigenvalue weighted by atomic mass is 10.1. The molecule has 1 saturated heterocycles. The van der Waals surface area contributed by atoms with E-state index in [1.807, 2.05) is 20.8 Å². The Hall–Kier alpha value is -2.74. The molecule has 1 N–H and O–H groups in total. The third kappa shape index (κ3) is 4.32. The highest BCUT2D eigenvalue weighted by Gasteiger charge is 2.25.